The number of benzene rings is 1. The van der Waals surface area contributed by atoms with Crippen LogP contribution in [0.5, 0.6) is 0 Å². The summed E-state index contributed by atoms with van der Waals surface area (Å²) in [5, 5.41) is 2.65. The number of carbonyl (C=O) groups excluding carboxylic acids is 2. The van der Waals surface area contributed by atoms with Gasteiger partial charge in [-0.1, -0.05) is 24.8 Å². The van der Waals surface area contributed by atoms with Gasteiger partial charge >= 0.3 is 5.97 Å². The van der Waals surface area contributed by atoms with Gasteiger partial charge in [0.15, 0.2) is 5.41 Å². The van der Waals surface area contributed by atoms with Crippen molar-refractivity contribution >= 4 is 17.6 Å². The van der Waals surface area contributed by atoms with Crippen LogP contribution < -0.4 is 5.32 Å². The summed E-state index contributed by atoms with van der Waals surface area (Å²) in [6.45, 7) is 3.42. The molecule has 1 atom stereocenters. The molecule has 86 valence electrons. The van der Waals surface area contributed by atoms with E-state index in [0.717, 1.165) is 0 Å². The van der Waals surface area contributed by atoms with Gasteiger partial charge in [0.25, 0.3) is 5.91 Å². The molecule has 1 aromatic carbocycles. The molecule has 1 aliphatic heterocycles. The third-order valence-corrected chi connectivity index (χ3v) is 2.78. The highest BCUT2D eigenvalue weighted by Crippen LogP contribution is 2.39. The molecule has 1 amide bonds. The van der Waals surface area contributed by atoms with Crippen LogP contribution in [0.4, 0.5) is 5.69 Å². The van der Waals surface area contributed by atoms with E-state index in [1.165, 1.54) is 13.2 Å². The first-order valence-corrected chi connectivity index (χ1v) is 5.03. The largest absolute Gasteiger partial charge is 0.468 e. The van der Waals surface area contributed by atoms with Crippen LogP contribution in [0.3, 0.4) is 0 Å². The lowest BCUT2D eigenvalue weighted by Gasteiger charge is -2.19. The van der Waals surface area contributed by atoms with Crippen molar-refractivity contribution in [1.29, 1.82) is 0 Å². The second-order valence-corrected chi connectivity index (χ2v) is 3.65. The van der Waals surface area contributed by atoms with Gasteiger partial charge in [-0.15, -0.1) is 5.73 Å². The van der Waals surface area contributed by atoms with Gasteiger partial charge < -0.3 is 10.1 Å². The minimum atomic E-state index is -1.47. The highest BCUT2D eigenvalue weighted by atomic mass is 16.5. The highest BCUT2D eigenvalue weighted by Gasteiger charge is 2.52. The van der Waals surface area contributed by atoms with E-state index >= 15 is 0 Å². The maximum Gasteiger partial charge on any atom is 0.330 e. The van der Waals surface area contributed by atoms with Crippen molar-refractivity contribution in [2.75, 3.05) is 12.4 Å². The first kappa shape index (κ1) is 11.2. The molecule has 1 unspecified atom stereocenters. The Labute approximate surface area is 98.6 Å². The third kappa shape index (κ3) is 1.39. The number of ether oxygens (including phenoxy) is 1. The quantitative estimate of drug-likeness (QED) is 0.473. The molecule has 0 bridgehead atoms. The Bertz CT molecular complexity index is 533. The normalized spacial score (nSPS) is 21.1. The smallest absolute Gasteiger partial charge is 0.330 e. The summed E-state index contributed by atoms with van der Waals surface area (Å²) in [6.07, 6.45) is 1.33. The molecule has 0 radical (unpaired) electrons. The number of methoxy groups -OCH3 is 1. The number of amides is 1. The van der Waals surface area contributed by atoms with E-state index in [-0.39, 0.29) is 0 Å². The fraction of sp³-hybridized carbons (Fsp3) is 0.154. The topological polar surface area (TPSA) is 55.4 Å². The van der Waals surface area contributed by atoms with Crippen molar-refractivity contribution in [2.45, 2.75) is 5.41 Å². The van der Waals surface area contributed by atoms with Crippen molar-refractivity contribution < 1.29 is 14.3 Å². The monoisotopic (exact) mass is 229 g/mol. The number of fused-ring (bicyclic) bond motifs is 1. The summed E-state index contributed by atoms with van der Waals surface area (Å²) < 4.78 is 4.72. The SMILES string of the molecule is C=C=CC1(C(=O)OC)C(=O)Nc2ccccc21. The summed E-state index contributed by atoms with van der Waals surface area (Å²) in [4.78, 5) is 23.9. The van der Waals surface area contributed by atoms with E-state index < -0.39 is 17.3 Å². The highest BCUT2D eigenvalue weighted by molar-refractivity contribution is 6.21. The fourth-order valence-corrected chi connectivity index (χ4v) is 2.00. The zero-order valence-corrected chi connectivity index (χ0v) is 9.32. The number of nitrogens with one attached hydrogen (secondary N) is 1. The van der Waals surface area contributed by atoms with E-state index in [0.29, 0.717) is 11.3 Å². The lowest BCUT2D eigenvalue weighted by Crippen LogP contribution is -2.41. The molecule has 0 aliphatic carbocycles. The van der Waals surface area contributed by atoms with Gasteiger partial charge in [-0.25, -0.2) is 0 Å². The number of para-hydroxylation sites is 1. The van der Waals surface area contributed by atoms with Gasteiger partial charge in [-0.2, -0.15) is 0 Å². The van der Waals surface area contributed by atoms with Crippen molar-refractivity contribution in [3.63, 3.8) is 0 Å². The van der Waals surface area contributed by atoms with Gasteiger partial charge in [0.2, 0.25) is 0 Å². The molecule has 4 nitrogen and oxygen atoms in total. The average Bonchev–Trinajstić information content (AvgIpc) is 2.63. The van der Waals surface area contributed by atoms with Crippen LogP contribution in [0.1, 0.15) is 5.56 Å². The first-order valence-electron chi connectivity index (χ1n) is 5.03. The third-order valence-electron chi connectivity index (χ3n) is 2.78. The summed E-state index contributed by atoms with van der Waals surface area (Å²) in [5.41, 5.74) is 2.20. The van der Waals surface area contributed by atoms with E-state index in [1.54, 1.807) is 24.3 Å². The molecule has 4 heteroatoms. The second kappa shape index (κ2) is 3.92. The van der Waals surface area contributed by atoms with Crippen LogP contribution in [0.2, 0.25) is 0 Å². The number of hydrogen-bond donors (Lipinski definition) is 1. The molecule has 2 rings (SSSR count). The number of hydrogen-bond acceptors (Lipinski definition) is 3. The Morgan fingerprint density at radius 3 is 2.88 bits per heavy atom. The molecule has 1 N–H and O–H groups in total. The molecule has 1 aromatic rings. The molecule has 17 heavy (non-hydrogen) atoms. The van der Waals surface area contributed by atoms with Gasteiger partial charge in [0.05, 0.1) is 7.11 Å². The second-order valence-electron chi connectivity index (χ2n) is 3.65. The molecule has 1 aliphatic rings. The Morgan fingerprint density at radius 2 is 2.24 bits per heavy atom. The lowest BCUT2D eigenvalue weighted by atomic mass is 9.81. The Morgan fingerprint density at radius 1 is 1.53 bits per heavy atom. The van der Waals surface area contributed by atoms with Gasteiger partial charge in [0.1, 0.15) is 0 Å². The molecule has 1 heterocycles. The number of esters is 1. The minimum Gasteiger partial charge on any atom is -0.468 e. The fourth-order valence-electron chi connectivity index (χ4n) is 2.00. The predicted octanol–water partition coefficient (Wildman–Crippen LogP) is 1.39. The molecule has 0 fully saturated rings. The minimum absolute atomic E-state index is 0.443. The van der Waals surface area contributed by atoms with Gasteiger partial charge in [-0.3, -0.25) is 9.59 Å². The van der Waals surface area contributed by atoms with Crippen molar-refractivity contribution in [3.8, 4) is 0 Å². The van der Waals surface area contributed by atoms with Crippen molar-refractivity contribution in [3.05, 3.63) is 48.2 Å². The summed E-state index contributed by atoms with van der Waals surface area (Å²) in [7, 11) is 1.25. The standard InChI is InChI=1S/C13H11NO3/c1-3-8-13(12(16)17-2)9-6-4-5-7-10(9)14-11(13)15/h4-8H,1H2,2H3,(H,14,15). The first-order chi connectivity index (χ1) is 8.16. The summed E-state index contributed by atoms with van der Waals surface area (Å²) in [6, 6.07) is 6.98. The molecular weight excluding hydrogens is 218 g/mol. The molecule has 0 saturated heterocycles. The molecule has 0 saturated carbocycles. The van der Waals surface area contributed by atoms with Crippen LogP contribution in [-0.2, 0) is 19.7 Å². The molecule has 0 spiro atoms. The van der Waals surface area contributed by atoms with Crippen LogP contribution >= 0.6 is 0 Å². The van der Waals surface area contributed by atoms with Crippen molar-refractivity contribution in [1.82, 2.24) is 0 Å². The van der Waals surface area contributed by atoms with Crippen LogP contribution in [0.25, 0.3) is 0 Å². The van der Waals surface area contributed by atoms with Crippen LogP contribution in [0, 0.1) is 0 Å². The summed E-state index contributed by atoms with van der Waals surface area (Å²) >= 11 is 0. The van der Waals surface area contributed by atoms with Crippen LogP contribution in [0.15, 0.2) is 42.7 Å². The van der Waals surface area contributed by atoms with Crippen molar-refractivity contribution in [2.24, 2.45) is 0 Å². The Hall–Kier alpha value is -2.32. The molecule has 0 aromatic heterocycles. The average molecular weight is 229 g/mol. The van der Waals surface area contributed by atoms with E-state index in [9.17, 15) is 9.59 Å². The van der Waals surface area contributed by atoms with Gasteiger partial charge in [0, 0.05) is 11.3 Å². The molecular formula is C13H11NO3. The summed E-state index contributed by atoms with van der Waals surface area (Å²) in [5.74, 6) is -1.09. The Balaban J connectivity index is 2.72. The zero-order chi connectivity index (χ0) is 12.5. The number of anilines is 1. The zero-order valence-electron chi connectivity index (χ0n) is 9.32. The Kier molecular flexibility index (Phi) is 2.58. The lowest BCUT2D eigenvalue weighted by molar-refractivity contribution is -0.148. The number of rotatable bonds is 2. The maximum absolute atomic E-state index is 12.0. The predicted molar refractivity (Wildman–Crippen MR) is 62.5 cm³/mol. The number of carbonyl (C=O) groups is 2. The van der Waals surface area contributed by atoms with E-state index in [2.05, 4.69) is 17.6 Å². The maximum atomic E-state index is 12.0. The van der Waals surface area contributed by atoms with E-state index in [4.69, 9.17) is 4.74 Å². The van der Waals surface area contributed by atoms with Gasteiger partial charge in [-0.05, 0) is 12.1 Å². The van der Waals surface area contributed by atoms with Crippen LogP contribution in [-0.4, -0.2) is 19.0 Å². The van der Waals surface area contributed by atoms with E-state index in [1.807, 2.05) is 0 Å².